The summed E-state index contributed by atoms with van der Waals surface area (Å²) in [5.41, 5.74) is 1.95. The van der Waals surface area contributed by atoms with E-state index in [0.29, 0.717) is 13.1 Å². The molecule has 0 bridgehead atoms. The highest BCUT2D eigenvalue weighted by molar-refractivity contribution is 5.87. The van der Waals surface area contributed by atoms with Crippen molar-refractivity contribution < 1.29 is 14.3 Å². The summed E-state index contributed by atoms with van der Waals surface area (Å²) in [6.07, 6.45) is 1.98. The summed E-state index contributed by atoms with van der Waals surface area (Å²) in [4.78, 5) is 29.6. The molecule has 1 aliphatic heterocycles. The Labute approximate surface area is 122 Å². The van der Waals surface area contributed by atoms with Gasteiger partial charge in [-0.05, 0) is 17.7 Å². The summed E-state index contributed by atoms with van der Waals surface area (Å²) in [7, 11) is 1.35. The lowest BCUT2D eigenvalue weighted by molar-refractivity contribution is -0.145. The lowest BCUT2D eigenvalue weighted by Crippen LogP contribution is -2.26. The number of nitrogens with zero attached hydrogens (tertiary/aromatic N) is 2. The van der Waals surface area contributed by atoms with Gasteiger partial charge in [0.15, 0.2) is 0 Å². The zero-order chi connectivity index (χ0) is 14.8. The number of pyridine rings is 1. The summed E-state index contributed by atoms with van der Waals surface area (Å²) in [6.45, 7) is 0.914. The van der Waals surface area contributed by atoms with Crippen molar-refractivity contribution in [2.24, 2.45) is 5.92 Å². The van der Waals surface area contributed by atoms with Gasteiger partial charge >= 0.3 is 5.97 Å². The van der Waals surface area contributed by atoms with Crippen LogP contribution >= 0.6 is 0 Å². The zero-order valence-electron chi connectivity index (χ0n) is 11.8. The Bertz CT molecular complexity index is 693. The smallest absolute Gasteiger partial charge is 0.310 e. The molecule has 5 heteroatoms. The maximum absolute atomic E-state index is 12.0. The Balaban J connectivity index is 1.83. The van der Waals surface area contributed by atoms with Gasteiger partial charge in [-0.2, -0.15) is 0 Å². The molecule has 1 aliphatic rings. The van der Waals surface area contributed by atoms with E-state index in [4.69, 9.17) is 4.74 Å². The lowest BCUT2D eigenvalue weighted by atomic mass is 10.1. The third-order valence-electron chi connectivity index (χ3n) is 3.85. The normalized spacial score (nSPS) is 18.2. The number of methoxy groups -OCH3 is 1. The molecule has 3 rings (SSSR count). The maximum Gasteiger partial charge on any atom is 0.310 e. The molecule has 1 amide bonds. The first-order chi connectivity index (χ1) is 10.2. The second-order valence-corrected chi connectivity index (χ2v) is 5.19. The number of rotatable bonds is 3. The highest BCUT2D eigenvalue weighted by atomic mass is 16.5. The number of likely N-dealkylation sites (tertiary alicyclic amines) is 1. The van der Waals surface area contributed by atoms with Gasteiger partial charge in [0.2, 0.25) is 5.91 Å². The Kier molecular flexibility index (Phi) is 3.56. The molecule has 1 aromatic carbocycles. The number of hydrogen-bond donors (Lipinski definition) is 0. The average molecular weight is 284 g/mol. The van der Waals surface area contributed by atoms with Crippen molar-refractivity contribution in [3.8, 4) is 0 Å². The molecule has 1 atom stereocenters. The van der Waals surface area contributed by atoms with Crippen molar-refractivity contribution in [2.45, 2.75) is 13.0 Å². The van der Waals surface area contributed by atoms with Gasteiger partial charge < -0.3 is 9.64 Å². The minimum Gasteiger partial charge on any atom is -0.469 e. The molecule has 108 valence electrons. The minimum atomic E-state index is -0.351. The molecule has 2 heterocycles. The highest BCUT2D eigenvalue weighted by Gasteiger charge is 2.35. The van der Waals surface area contributed by atoms with E-state index < -0.39 is 0 Å². The fraction of sp³-hybridized carbons (Fsp3) is 0.312. The molecule has 0 aliphatic carbocycles. The zero-order valence-corrected chi connectivity index (χ0v) is 11.8. The van der Waals surface area contributed by atoms with Crippen LogP contribution in [0, 0.1) is 5.92 Å². The second kappa shape index (κ2) is 5.52. The van der Waals surface area contributed by atoms with Crippen LogP contribution in [-0.2, 0) is 20.9 Å². The quantitative estimate of drug-likeness (QED) is 0.806. The summed E-state index contributed by atoms with van der Waals surface area (Å²) in [5, 5.41) is 1.04. The van der Waals surface area contributed by atoms with E-state index in [1.807, 2.05) is 30.3 Å². The van der Waals surface area contributed by atoms with Crippen LogP contribution in [0.4, 0.5) is 0 Å². The van der Waals surface area contributed by atoms with Crippen LogP contribution < -0.4 is 0 Å². The van der Waals surface area contributed by atoms with Gasteiger partial charge in [0, 0.05) is 31.1 Å². The lowest BCUT2D eigenvalue weighted by Gasteiger charge is -2.17. The molecule has 2 aromatic rings. The Hall–Kier alpha value is -2.43. The number of benzene rings is 1. The first-order valence-corrected chi connectivity index (χ1v) is 6.87. The molecule has 21 heavy (non-hydrogen) atoms. The summed E-state index contributed by atoms with van der Waals surface area (Å²) in [6, 6.07) is 9.75. The minimum absolute atomic E-state index is 0.00806. The van der Waals surface area contributed by atoms with E-state index in [2.05, 4.69) is 4.98 Å². The van der Waals surface area contributed by atoms with Crippen molar-refractivity contribution in [3.63, 3.8) is 0 Å². The third kappa shape index (κ3) is 2.59. The first kappa shape index (κ1) is 13.5. The van der Waals surface area contributed by atoms with Gasteiger partial charge in [-0.25, -0.2) is 0 Å². The van der Waals surface area contributed by atoms with Gasteiger partial charge in [-0.1, -0.05) is 18.2 Å². The second-order valence-electron chi connectivity index (χ2n) is 5.19. The van der Waals surface area contributed by atoms with Crippen LogP contribution in [0.2, 0.25) is 0 Å². The van der Waals surface area contributed by atoms with E-state index >= 15 is 0 Å². The van der Waals surface area contributed by atoms with Gasteiger partial charge in [0.1, 0.15) is 0 Å². The standard InChI is InChI=1S/C16H16N2O3/c1-21-16(20)12-8-15(19)18(10-12)9-11-4-2-6-14-13(11)5-3-7-17-14/h2-7,12H,8-10H2,1H3. The molecule has 1 aromatic heterocycles. The summed E-state index contributed by atoms with van der Waals surface area (Å²) >= 11 is 0. The molecular weight excluding hydrogens is 268 g/mol. The largest absolute Gasteiger partial charge is 0.469 e. The predicted molar refractivity (Wildman–Crippen MR) is 77.3 cm³/mol. The molecule has 1 fully saturated rings. The van der Waals surface area contributed by atoms with Crippen molar-refractivity contribution >= 4 is 22.8 Å². The van der Waals surface area contributed by atoms with Gasteiger partial charge in [-0.15, -0.1) is 0 Å². The molecule has 0 saturated carbocycles. The van der Waals surface area contributed by atoms with Crippen molar-refractivity contribution in [2.75, 3.05) is 13.7 Å². The Morgan fingerprint density at radius 1 is 1.38 bits per heavy atom. The van der Waals surface area contributed by atoms with Crippen LogP contribution in [0.25, 0.3) is 10.9 Å². The number of aromatic nitrogens is 1. The van der Waals surface area contributed by atoms with Crippen molar-refractivity contribution in [1.29, 1.82) is 0 Å². The number of esters is 1. The Morgan fingerprint density at radius 2 is 2.24 bits per heavy atom. The molecule has 0 radical (unpaired) electrons. The molecule has 0 N–H and O–H groups in total. The van der Waals surface area contributed by atoms with Crippen LogP contribution in [0.5, 0.6) is 0 Å². The van der Waals surface area contributed by atoms with E-state index in [-0.39, 0.29) is 24.2 Å². The van der Waals surface area contributed by atoms with E-state index in [1.165, 1.54) is 7.11 Å². The highest BCUT2D eigenvalue weighted by Crippen LogP contribution is 2.24. The van der Waals surface area contributed by atoms with E-state index in [1.54, 1.807) is 11.1 Å². The molecule has 5 nitrogen and oxygen atoms in total. The molecule has 0 spiro atoms. The number of hydrogen-bond acceptors (Lipinski definition) is 4. The number of carbonyl (C=O) groups excluding carboxylic acids is 2. The Morgan fingerprint density at radius 3 is 3.05 bits per heavy atom. The topological polar surface area (TPSA) is 59.5 Å². The predicted octanol–water partition coefficient (Wildman–Crippen LogP) is 1.76. The fourth-order valence-corrected chi connectivity index (χ4v) is 2.76. The van der Waals surface area contributed by atoms with Gasteiger partial charge in [0.25, 0.3) is 0 Å². The number of carbonyl (C=O) groups is 2. The number of ether oxygens (including phenoxy) is 1. The number of fused-ring (bicyclic) bond motifs is 1. The molecule has 1 unspecified atom stereocenters. The van der Waals surface area contributed by atoms with Crippen molar-refractivity contribution in [3.05, 3.63) is 42.1 Å². The number of amides is 1. The van der Waals surface area contributed by atoms with Gasteiger partial charge in [0.05, 0.1) is 18.5 Å². The van der Waals surface area contributed by atoms with E-state index in [0.717, 1.165) is 16.5 Å². The van der Waals surface area contributed by atoms with Crippen LogP contribution in [0.15, 0.2) is 36.5 Å². The van der Waals surface area contributed by atoms with Crippen LogP contribution in [0.1, 0.15) is 12.0 Å². The van der Waals surface area contributed by atoms with Crippen LogP contribution in [-0.4, -0.2) is 35.4 Å². The summed E-state index contributed by atoms with van der Waals surface area (Å²) in [5.74, 6) is -0.674. The molecular formula is C16H16N2O3. The SMILES string of the molecule is COC(=O)C1CC(=O)N(Cc2cccc3ncccc23)C1. The average Bonchev–Trinajstić information content (AvgIpc) is 2.88. The third-order valence-corrected chi connectivity index (χ3v) is 3.85. The van der Waals surface area contributed by atoms with Crippen LogP contribution in [0.3, 0.4) is 0 Å². The van der Waals surface area contributed by atoms with Crippen molar-refractivity contribution in [1.82, 2.24) is 9.88 Å². The fourth-order valence-electron chi connectivity index (χ4n) is 2.76. The monoisotopic (exact) mass is 284 g/mol. The first-order valence-electron chi connectivity index (χ1n) is 6.87. The molecule has 1 saturated heterocycles. The summed E-state index contributed by atoms with van der Waals surface area (Å²) < 4.78 is 4.72. The van der Waals surface area contributed by atoms with E-state index in [9.17, 15) is 9.59 Å². The maximum atomic E-state index is 12.0. The van der Waals surface area contributed by atoms with Gasteiger partial charge in [-0.3, -0.25) is 14.6 Å².